The van der Waals surface area contributed by atoms with E-state index in [1.165, 1.54) is 31.2 Å². The number of hydrogen-bond donors (Lipinski definition) is 2. The quantitative estimate of drug-likeness (QED) is 0.596. The number of methoxy groups -OCH3 is 1. The van der Waals surface area contributed by atoms with Gasteiger partial charge >= 0.3 is 0 Å². The maximum absolute atomic E-state index is 14.4. The van der Waals surface area contributed by atoms with Crippen molar-refractivity contribution in [3.63, 3.8) is 0 Å². The van der Waals surface area contributed by atoms with Crippen molar-refractivity contribution in [2.24, 2.45) is 0 Å². The van der Waals surface area contributed by atoms with E-state index in [1.807, 2.05) is 0 Å². The molecular formula is C22H23F2N3O4. The molecule has 1 aliphatic heterocycles. The zero-order valence-corrected chi connectivity index (χ0v) is 17.2. The number of likely N-dealkylation sites (N-methyl/N-ethyl adjacent to an activating group) is 1. The molecule has 0 saturated carbocycles. The molecule has 0 aliphatic carbocycles. The van der Waals surface area contributed by atoms with Crippen molar-refractivity contribution < 1.29 is 27.9 Å². The Balaban J connectivity index is 1.88. The van der Waals surface area contributed by atoms with Crippen LogP contribution in [0.4, 0.5) is 14.5 Å². The first-order valence-electron chi connectivity index (χ1n) is 9.75. The van der Waals surface area contributed by atoms with Gasteiger partial charge in [0.1, 0.15) is 18.1 Å². The van der Waals surface area contributed by atoms with E-state index < -0.39 is 29.5 Å². The Morgan fingerprint density at radius 2 is 2.10 bits per heavy atom. The Labute approximate surface area is 178 Å². The largest absolute Gasteiger partial charge is 0.494 e. The molecule has 2 aromatic carbocycles. The minimum atomic E-state index is -0.859. The van der Waals surface area contributed by atoms with Gasteiger partial charge in [0.15, 0.2) is 11.6 Å². The number of anilines is 1. The van der Waals surface area contributed by atoms with Gasteiger partial charge in [0, 0.05) is 48.9 Å². The van der Waals surface area contributed by atoms with Crippen molar-refractivity contribution >= 4 is 23.8 Å². The molecule has 164 valence electrons. The van der Waals surface area contributed by atoms with Crippen molar-refractivity contribution in [3.05, 3.63) is 58.7 Å². The zero-order chi connectivity index (χ0) is 22.5. The normalized spacial score (nSPS) is 13.5. The van der Waals surface area contributed by atoms with E-state index in [0.717, 1.165) is 6.07 Å². The van der Waals surface area contributed by atoms with Crippen molar-refractivity contribution in [1.82, 2.24) is 10.2 Å². The summed E-state index contributed by atoms with van der Waals surface area (Å²) in [5, 5.41) is 5.49. The SMILES string of the molecule is CNC(=O)C(CCC=O)N1Cc2c(NCc3cccc(OC)c3F)cc(F)cc2C1=O. The molecule has 0 saturated heterocycles. The van der Waals surface area contributed by atoms with Crippen molar-refractivity contribution in [3.8, 4) is 5.75 Å². The summed E-state index contributed by atoms with van der Waals surface area (Å²) >= 11 is 0. The number of nitrogens with one attached hydrogen (secondary N) is 2. The maximum Gasteiger partial charge on any atom is 0.255 e. The Hall–Kier alpha value is -3.49. The molecule has 2 aromatic rings. The number of carbonyl (C=O) groups is 3. The van der Waals surface area contributed by atoms with Crippen LogP contribution >= 0.6 is 0 Å². The van der Waals surface area contributed by atoms with E-state index in [9.17, 15) is 23.2 Å². The molecule has 2 N–H and O–H groups in total. The molecule has 1 unspecified atom stereocenters. The summed E-state index contributed by atoms with van der Waals surface area (Å²) in [5.74, 6) is -1.97. The molecular weight excluding hydrogens is 408 g/mol. The van der Waals surface area contributed by atoms with E-state index >= 15 is 0 Å². The second-order valence-electron chi connectivity index (χ2n) is 7.07. The average Bonchev–Trinajstić information content (AvgIpc) is 3.09. The number of hydrogen-bond acceptors (Lipinski definition) is 5. The van der Waals surface area contributed by atoms with E-state index in [-0.39, 0.29) is 37.2 Å². The predicted octanol–water partition coefficient (Wildman–Crippen LogP) is 2.63. The van der Waals surface area contributed by atoms with Crippen LogP contribution in [-0.4, -0.2) is 43.2 Å². The molecule has 0 spiro atoms. The minimum absolute atomic E-state index is 0.0388. The number of fused-ring (bicyclic) bond motifs is 1. The molecule has 7 nitrogen and oxygen atoms in total. The third kappa shape index (κ3) is 4.50. The smallest absolute Gasteiger partial charge is 0.255 e. The molecule has 3 rings (SSSR count). The number of aldehydes is 1. The van der Waals surface area contributed by atoms with Gasteiger partial charge in [0.05, 0.1) is 7.11 Å². The maximum atomic E-state index is 14.4. The fourth-order valence-corrected chi connectivity index (χ4v) is 3.67. The van der Waals surface area contributed by atoms with E-state index in [1.54, 1.807) is 12.1 Å². The van der Waals surface area contributed by atoms with Gasteiger partial charge in [0.25, 0.3) is 5.91 Å². The Bertz CT molecular complexity index is 1010. The topological polar surface area (TPSA) is 87.7 Å². The van der Waals surface area contributed by atoms with Crippen LogP contribution in [0, 0.1) is 11.6 Å². The van der Waals surface area contributed by atoms with Gasteiger partial charge in [-0.1, -0.05) is 12.1 Å². The highest BCUT2D eigenvalue weighted by Crippen LogP contribution is 2.33. The number of carbonyl (C=O) groups excluding carboxylic acids is 3. The average molecular weight is 431 g/mol. The number of ether oxygens (including phenoxy) is 1. The first kappa shape index (κ1) is 22.2. The van der Waals surface area contributed by atoms with Crippen LogP contribution in [0.15, 0.2) is 30.3 Å². The van der Waals surface area contributed by atoms with Gasteiger partial charge in [0.2, 0.25) is 5.91 Å². The third-order valence-corrected chi connectivity index (χ3v) is 5.25. The molecule has 0 aromatic heterocycles. The molecule has 2 amide bonds. The molecule has 1 heterocycles. The molecule has 0 fully saturated rings. The number of benzene rings is 2. The second-order valence-corrected chi connectivity index (χ2v) is 7.07. The van der Waals surface area contributed by atoms with Crippen LogP contribution in [0.25, 0.3) is 0 Å². The van der Waals surface area contributed by atoms with Gasteiger partial charge in [-0.3, -0.25) is 9.59 Å². The van der Waals surface area contributed by atoms with Crippen LogP contribution in [-0.2, 0) is 22.7 Å². The number of amides is 2. The number of rotatable bonds is 9. The van der Waals surface area contributed by atoms with Crippen LogP contribution < -0.4 is 15.4 Å². The Morgan fingerprint density at radius 3 is 2.77 bits per heavy atom. The summed E-state index contributed by atoms with van der Waals surface area (Å²) in [5.41, 5.74) is 1.29. The highest BCUT2D eigenvalue weighted by atomic mass is 19.1. The summed E-state index contributed by atoms with van der Waals surface area (Å²) in [6, 6.07) is 6.20. The lowest BCUT2D eigenvalue weighted by Crippen LogP contribution is -2.46. The van der Waals surface area contributed by atoms with E-state index in [2.05, 4.69) is 10.6 Å². The van der Waals surface area contributed by atoms with Crippen LogP contribution in [0.3, 0.4) is 0 Å². The first-order chi connectivity index (χ1) is 14.9. The third-order valence-electron chi connectivity index (χ3n) is 5.25. The fourth-order valence-electron chi connectivity index (χ4n) is 3.67. The molecule has 1 atom stereocenters. The standard InChI is InChI=1S/C22H23F2N3O4/c1-25-21(29)18(6-4-8-28)27-12-16-15(22(27)30)9-14(23)10-17(16)26-11-13-5-3-7-19(31-2)20(13)24/h3,5,7-10,18,26H,4,6,11-12H2,1-2H3,(H,25,29). The summed E-state index contributed by atoms with van der Waals surface area (Å²) in [6.07, 6.45) is 0.939. The van der Waals surface area contributed by atoms with E-state index in [4.69, 9.17) is 4.74 Å². The first-order valence-corrected chi connectivity index (χ1v) is 9.75. The lowest BCUT2D eigenvalue weighted by molar-refractivity contribution is -0.125. The Kier molecular flexibility index (Phi) is 6.84. The highest BCUT2D eigenvalue weighted by molar-refractivity contribution is 6.02. The van der Waals surface area contributed by atoms with Gasteiger partial charge in [-0.05, 0) is 24.6 Å². The summed E-state index contributed by atoms with van der Waals surface area (Å²) in [4.78, 5) is 37.3. The monoisotopic (exact) mass is 431 g/mol. The van der Waals surface area contributed by atoms with Gasteiger partial charge < -0.3 is 25.1 Å². The van der Waals surface area contributed by atoms with Crippen LogP contribution in [0.5, 0.6) is 5.75 Å². The van der Waals surface area contributed by atoms with E-state index in [0.29, 0.717) is 23.1 Å². The van der Waals surface area contributed by atoms with Crippen LogP contribution in [0.2, 0.25) is 0 Å². The van der Waals surface area contributed by atoms with Crippen molar-refractivity contribution in [2.75, 3.05) is 19.5 Å². The fraction of sp³-hybridized carbons (Fsp3) is 0.318. The second kappa shape index (κ2) is 9.55. The molecule has 1 aliphatic rings. The minimum Gasteiger partial charge on any atom is -0.494 e. The van der Waals surface area contributed by atoms with Crippen LogP contribution in [0.1, 0.15) is 34.3 Å². The molecule has 0 radical (unpaired) electrons. The lowest BCUT2D eigenvalue weighted by atomic mass is 10.1. The van der Waals surface area contributed by atoms with Crippen molar-refractivity contribution in [1.29, 1.82) is 0 Å². The van der Waals surface area contributed by atoms with Gasteiger partial charge in [-0.25, -0.2) is 8.78 Å². The number of halogens is 2. The van der Waals surface area contributed by atoms with Gasteiger partial charge in [-0.2, -0.15) is 0 Å². The summed E-state index contributed by atoms with van der Waals surface area (Å²) < 4.78 is 33.6. The Morgan fingerprint density at radius 1 is 1.32 bits per heavy atom. The summed E-state index contributed by atoms with van der Waals surface area (Å²) in [6.45, 7) is 0.103. The molecule has 0 bridgehead atoms. The zero-order valence-electron chi connectivity index (χ0n) is 17.2. The summed E-state index contributed by atoms with van der Waals surface area (Å²) in [7, 11) is 2.81. The molecule has 9 heteroatoms. The van der Waals surface area contributed by atoms with Crippen molar-refractivity contribution in [2.45, 2.75) is 32.0 Å². The number of nitrogens with zero attached hydrogens (tertiary/aromatic N) is 1. The predicted molar refractivity (Wildman–Crippen MR) is 110 cm³/mol. The highest BCUT2D eigenvalue weighted by Gasteiger charge is 2.37. The molecule has 31 heavy (non-hydrogen) atoms. The van der Waals surface area contributed by atoms with Gasteiger partial charge in [-0.15, -0.1) is 0 Å². The lowest BCUT2D eigenvalue weighted by Gasteiger charge is -2.25.